The van der Waals surface area contributed by atoms with Crippen LogP contribution in [0, 0.1) is 0 Å². The molecule has 0 aliphatic rings. The van der Waals surface area contributed by atoms with Crippen LogP contribution in [0.2, 0.25) is 10.0 Å². The molecule has 0 saturated heterocycles. The van der Waals surface area contributed by atoms with Gasteiger partial charge in [-0.25, -0.2) is 0 Å². The van der Waals surface area contributed by atoms with Crippen LogP contribution in [-0.2, 0) is 6.18 Å². The topological polar surface area (TPSA) is 66.3 Å². The number of nitrogens with one attached hydrogen (secondary N) is 3. The molecular formula is C19H12Cl2F3N3O2S. The summed E-state index contributed by atoms with van der Waals surface area (Å²) in [5, 5.41) is 3.34. The van der Waals surface area contributed by atoms with E-state index in [1.807, 2.05) is 0 Å². The highest BCUT2D eigenvalue weighted by molar-refractivity contribution is 7.80. The minimum absolute atomic E-state index is 0.00742. The van der Waals surface area contributed by atoms with Crippen molar-refractivity contribution in [2.24, 2.45) is 0 Å². The van der Waals surface area contributed by atoms with Gasteiger partial charge in [0, 0.05) is 5.56 Å². The second-order valence-electron chi connectivity index (χ2n) is 5.87. The zero-order chi connectivity index (χ0) is 21.9. The molecule has 0 unspecified atom stereocenters. The molecule has 0 aliphatic heterocycles. The van der Waals surface area contributed by atoms with Crippen LogP contribution in [-0.4, -0.2) is 11.0 Å². The van der Waals surface area contributed by atoms with Gasteiger partial charge in [0.25, 0.3) is 0 Å². The number of halogens is 5. The van der Waals surface area contributed by atoms with Gasteiger partial charge in [0.15, 0.2) is 10.9 Å². The van der Waals surface area contributed by atoms with E-state index in [-0.39, 0.29) is 27.2 Å². The molecule has 11 heteroatoms. The fraction of sp³-hybridized carbons (Fsp3) is 0.0526. The Balaban J connectivity index is 1.67. The van der Waals surface area contributed by atoms with E-state index in [1.165, 1.54) is 12.1 Å². The first-order valence-electron chi connectivity index (χ1n) is 8.24. The Labute approximate surface area is 184 Å². The van der Waals surface area contributed by atoms with E-state index in [9.17, 15) is 18.0 Å². The Morgan fingerprint density at radius 2 is 1.70 bits per heavy atom. The molecule has 0 saturated carbocycles. The number of furan rings is 1. The number of anilines is 1. The summed E-state index contributed by atoms with van der Waals surface area (Å²) in [5.41, 5.74) is 4.44. The third-order valence-electron chi connectivity index (χ3n) is 3.80. The second kappa shape index (κ2) is 8.95. The lowest BCUT2D eigenvalue weighted by atomic mass is 10.1. The fourth-order valence-corrected chi connectivity index (χ4v) is 2.94. The molecular weight excluding hydrogens is 462 g/mol. The summed E-state index contributed by atoms with van der Waals surface area (Å²) in [5.74, 6) is -0.854. The monoisotopic (exact) mass is 473 g/mol. The molecule has 0 spiro atoms. The summed E-state index contributed by atoms with van der Waals surface area (Å²) in [6.45, 7) is 0. The predicted molar refractivity (Wildman–Crippen MR) is 112 cm³/mol. The van der Waals surface area contributed by atoms with E-state index < -0.39 is 17.6 Å². The Kier molecular flexibility index (Phi) is 6.55. The third-order valence-corrected chi connectivity index (χ3v) is 4.66. The molecule has 3 N–H and O–H groups in total. The lowest BCUT2D eigenvalue weighted by Crippen LogP contribution is -2.43. The van der Waals surface area contributed by atoms with E-state index in [4.69, 9.17) is 39.8 Å². The number of rotatable bonds is 3. The molecule has 0 fully saturated rings. The molecule has 0 aliphatic carbocycles. The fourth-order valence-electron chi connectivity index (χ4n) is 2.39. The predicted octanol–water partition coefficient (Wildman–Crippen LogP) is 5.90. The summed E-state index contributed by atoms with van der Waals surface area (Å²) in [6, 6.07) is 12.3. The van der Waals surface area contributed by atoms with Crippen molar-refractivity contribution in [2.45, 2.75) is 6.18 Å². The Bertz CT molecular complexity index is 1100. The molecule has 1 heterocycles. The molecule has 2 aromatic carbocycles. The van der Waals surface area contributed by atoms with Crippen molar-refractivity contribution in [2.75, 3.05) is 5.32 Å². The average molecular weight is 474 g/mol. The van der Waals surface area contributed by atoms with Gasteiger partial charge in [0.1, 0.15) is 5.76 Å². The summed E-state index contributed by atoms with van der Waals surface area (Å²) in [4.78, 5) is 12.2. The quantitative estimate of drug-likeness (QED) is 0.326. The van der Waals surface area contributed by atoms with Gasteiger partial charge in [-0.3, -0.25) is 15.6 Å². The minimum atomic E-state index is -4.54. The highest BCUT2D eigenvalue weighted by Crippen LogP contribution is 2.36. The molecule has 0 bridgehead atoms. The van der Waals surface area contributed by atoms with Crippen molar-refractivity contribution in [3.05, 3.63) is 76.0 Å². The number of carbonyl (C=O) groups excluding carboxylic acids is 1. The molecule has 0 atom stereocenters. The summed E-state index contributed by atoms with van der Waals surface area (Å²) in [7, 11) is 0. The molecule has 1 amide bonds. The number of para-hydroxylation sites is 1. The third kappa shape index (κ3) is 5.24. The standard InChI is InChI=1S/C19H12Cl2F3N3O2S/c20-12-6-5-10(19(22,23)24)9-11(12)15-7-8-16(29-15)17(28)26-27-18(30)25-14-4-2-1-3-13(14)21/h1-9H,(H,26,28)(H2,25,27,30). The van der Waals surface area contributed by atoms with Crippen LogP contribution in [0.25, 0.3) is 11.3 Å². The Morgan fingerprint density at radius 3 is 2.40 bits per heavy atom. The minimum Gasteiger partial charge on any atom is -0.451 e. The zero-order valence-corrected chi connectivity index (χ0v) is 17.1. The van der Waals surface area contributed by atoms with Gasteiger partial charge in [0.2, 0.25) is 0 Å². The number of amides is 1. The molecule has 3 rings (SSSR count). The maximum absolute atomic E-state index is 12.9. The van der Waals surface area contributed by atoms with Gasteiger partial charge in [-0.1, -0.05) is 35.3 Å². The lowest BCUT2D eigenvalue weighted by Gasteiger charge is -2.11. The van der Waals surface area contributed by atoms with Crippen molar-refractivity contribution in [1.82, 2.24) is 10.9 Å². The maximum Gasteiger partial charge on any atom is 0.416 e. The average Bonchev–Trinajstić information content (AvgIpc) is 3.17. The smallest absolute Gasteiger partial charge is 0.416 e. The van der Waals surface area contributed by atoms with Crippen LogP contribution in [0.15, 0.2) is 59.0 Å². The molecule has 30 heavy (non-hydrogen) atoms. The van der Waals surface area contributed by atoms with Crippen molar-refractivity contribution >= 4 is 52.1 Å². The first-order chi connectivity index (χ1) is 14.1. The molecule has 0 radical (unpaired) electrons. The number of thiocarbonyl (C=S) groups is 1. The van der Waals surface area contributed by atoms with E-state index in [1.54, 1.807) is 24.3 Å². The first-order valence-corrected chi connectivity index (χ1v) is 9.40. The number of carbonyl (C=O) groups is 1. The van der Waals surface area contributed by atoms with Gasteiger partial charge >= 0.3 is 12.1 Å². The zero-order valence-electron chi connectivity index (χ0n) is 14.8. The summed E-state index contributed by atoms with van der Waals surface area (Å²) >= 11 is 17.1. The van der Waals surface area contributed by atoms with Crippen LogP contribution in [0.1, 0.15) is 16.1 Å². The number of alkyl halides is 3. The van der Waals surface area contributed by atoms with Crippen molar-refractivity contribution < 1.29 is 22.4 Å². The van der Waals surface area contributed by atoms with Gasteiger partial charge in [-0.15, -0.1) is 0 Å². The highest BCUT2D eigenvalue weighted by Gasteiger charge is 2.31. The molecule has 1 aromatic heterocycles. The molecule has 5 nitrogen and oxygen atoms in total. The van der Waals surface area contributed by atoms with Gasteiger partial charge < -0.3 is 9.73 Å². The van der Waals surface area contributed by atoms with Crippen molar-refractivity contribution in [3.8, 4) is 11.3 Å². The van der Waals surface area contributed by atoms with Gasteiger partial charge in [0.05, 0.1) is 21.3 Å². The highest BCUT2D eigenvalue weighted by atomic mass is 35.5. The van der Waals surface area contributed by atoms with E-state index in [0.29, 0.717) is 10.7 Å². The van der Waals surface area contributed by atoms with Crippen molar-refractivity contribution in [1.29, 1.82) is 0 Å². The summed E-state index contributed by atoms with van der Waals surface area (Å²) < 4.78 is 44.2. The number of hydrogen-bond donors (Lipinski definition) is 3. The lowest BCUT2D eigenvalue weighted by molar-refractivity contribution is -0.137. The van der Waals surface area contributed by atoms with Gasteiger partial charge in [-0.05, 0) is 54.7 Å². The van der Waals surface area contributed by atoms with Crippen LogP contribution in [0.5, 0.6) is 0 Å². The molecule has 156 valence electrons. The Morgan fingerprint density at radius 1 is 0.967 bits per heavy atom. The van der Waals surface area contributed by atoms with E-state index >= 15 is 0 Å². The maximum atomic E-state index is 12.9. The van der Waals surface area contributed by atoms with Crippen LogP contribution >= 0.6 is 35.4 Å². The van der Waals surface area contributed by atoms with Crippen LogP contribution < -0.4 is 16.2 Å². The van der Waals surface area contributed by atoms with E-state index in [0.717, 1.165) is 18.2 Å². The van der Waals surface area contributed by atoms with Crippen LogP contribution in [0.3, 0.4) is 0 Å². The first kappa shape index (κ1) is 21.9. The van der Waals surface area contributed by atoms with Crippen LogP contribution in [0.4, 0.5) is 18.9 Å². The number of hydrogen-bond acceptors (Lipinski definition) is 3. The normalized spacial score (nSPS) is 11.1. The Hall–Kier alpha value is -2.75. The number of benzene rings is 2. The van der Waals surface area contributed by atoms with Crippen molar-refractivity contribution in [3.63, 3.8) is 0 Å². The SMILES string of the molecule is O=C(NNC(=S)Nc1ccccc1Cl)c1ccc(-c2cc(C(F)(F)F)ccc2Cl)o1. The second-order valence-corrected chi connectivity index (χ2v) is 7.09. The van der Waals surface area contributed by atoms with Gasteiger partial charge in [-0.2, -0.15) is 13.2 Å². The largest absolute Gasteiger partial charge is 0.451 e. The molecule has 3 aromatic rings. The summed E-state index contributed by atoms with van der Waals surface area (Å²) in [6.07, 6.45) is -4.54. The van der Waals surface area contributed by atoms with E-state index in [2.05, 4.69) is 16.2 Å². The number of hydrazine groups is 1.